The lowest BCUT2D eigenvalue weighted by molar-refractivity contribution is -0.0813. The van der Waals surface area contributed by atoms with Crippen LogP contribution in [0.2, 0.25) is 0 Å². The number of aliphatic hydroxyl groups is 2. The van der Waals surface area contributed by atoms with Gasteiger partial charge in [0.15, 0.2) is 17.2 Å². The number of phenols is 4. The molecular weight excluding hydrogens is 516 g/mol. The van der Waals surface area contributed by atoms with E-state index in [2.05, 4.69) is 0 Å². The van der Waals surface area contributed by atoms with E-state index in [0.29, 0.717) is 5.56 Å². The van der Waals surface area contributed by atoms with Gasteiger partial charge in [0.1, 0.15) is 31.2 Å². The third kappa shape index (κ3) is 9.59. The Hall–Kier alpha value is -3.58. The molecule has 39 heavy (non-hydrogen) atoms. The molecule has 0 spiro atoms. The molecule has 0 fully saturated rings. The first-order chi connectivity index (χ1) is 18.2. The number of aryl methyl sites for hydroxylation is 1. The molecule has 0 aliphatic rings. The summed E-state index contributed by atoms with van der Waals surface area (Å²) in [4.78, 5) is 24.4. The number of esters is 2. The summed E-state index contributed by atoms with van der Waals surface area (Å²) in [6.07, 6.45) is -1.96. The number of benzene rings is 2. The first-order valence-electron chi connectivity index (χ1n) is 12.1. The molecule has 2 rings (SSSR count). The second-order valence-corrected chi connectivity index (χ2v) is 9.95. The van der Waals surface area contributed by atoms with Crippen molar-refractivity contribution in [3.8, 4) is 23.0 Å². The fourth-order valence-electron chi connectivity index (χ4n) is 3.25. The largest absolute Gasteiger partial charge is 0.508 e. The normalized spacial score (nSPS) is 13.1. The molecule has 0 radical (unpaired) electrons. The molecule has 0 aliphatic carbocycles. The molecule has 2 unspecified atom stereocenters. The molecule has 0 amide bonds. The highest BCUT2D eigenvalue weighted by molar-refractivity contribution is 5.91. The molecule has 0 saturated carbocycles. The van der Waals surface area contributed by atoms with Gasteiger partial charge >= 0.3 is 11.9 Å². The van der Waals surface area contributed by atoms with Crippen molar-refractivity contribution in [2.24, 2.45) is 5.41 Å². The van der Waals surface area contributed by atoms with Gasteiger partial charge in [0.05, 0.1) is 37.6 Å². The maximum atomic E-state index is 12.2. The quantitative estimate of drug-likeness (QED) is 0.148. The SMILES string of the molecule is Cc1cc(C(=O)OCC(O)COCC(C)(C)COC(CO)COC(=O)c2cc(O)c(O)c(O)c2)cc(O)c1C. The zero-order chi connectivity index (χ0) is 29.3. The number of hydrogen-bond acceptors (Lipinski definition) is 12. The second kappa shape index (κ2) is 14.0. The number of phenolic OH excluding ortho intramolecular Hbond substituents is 4. The van der Waals surface area contributed by atoms with Crippen molar-refractivity contribution >= 4 is 11.9 Å². The molecule has 6 N–H and O–H groups in total. The van der Waals surface area contributed by atoms with Crippen LogP contribution in [0.5, 0.6) is 23.0 Å². The van der Waals surface area contributed by atoms with E-state index in [0.717, 1.165) is 17.7 Å². The Labute approximate surface area is 226 Å². The number of carbonyl (C=O) groups is 2. The van der Waals surface area contributed by atoms with E-state index in [1.54, 1.807) is 19.9 Å². The zero-order valence-electron chi connectivity index (χ0n) is 22.3. The van der Waals surface area contributed by atoms with Crippen molar-refractivity contribution in [3.05, 3.63) is 46.5 Å². The van der Waals surface area contributed by atoms with Crippen LogP contribution in [-0.4, -0.2) is 94.4 Å². The predicted octanol–water partition coefficient (Wildman–Crippen LogP) is 1.92. The van der Waals surface area contributed by atoms with Crippen LogP contribution in [0, 0.1) is 19.3 Å². The van der Waals surface area contributed by atoms with Gasteiger partial charge in [0.25, 0.3) is 0 Å². The minimum absolute atomic E-state index is 0.0187. The van der Waals surface area contributed by atoms with Crippen molar-refractivity contribution in [2.75, 3.05) is 39.6 Å². The van der Waals surface area contributed by atoms with Gasteiger partial charge in [0.2, 0.25) is 0 Å². The fourth-order valence-corrected chi connectivity index (χ4v) is 3.25. The van der Waals surface area contributed by atoms with Crippen LogP contribution in [0.1, 0.15) is 45.7 Å². The van der Waals surface area contributed by atoms with Crippen molar-refractivity contribution in [2.45, 2.75) is 39.9 Å². The van der Waals surface area contributed by atoms with Crippen LogP contribution in [0.15, 0.2) is 24.3 Å². The Balaban J connectivity index is 1.73. The maximum absolute atomic E-state index is 12.2. The molecule has 12 heteroatoms. The minimum atomic E-state index is -1.09. The van der Waals surface area contributed by atoms with Crippen LogP contribution in [0.3, 0.4) is 0 Å². The first-order valence-corrected chi connectivity index (χ1v) is 12.1. The van der Waals surface area contributed by atoms with Crippen molar-refractivity contribution in [3.63, 3.8) is 0 Å². The fraction of sp³-hybridized carbons (Fsp3) is 0.481. The van der Waals surface area contributed by atoms with Gasteiger partial charge in [-0.25, -0.2) is 9.59 Å². The lowest BCUT2D eigenvalue weighted by Gasteiger charge is -2.27. The number of hydrogen-bond donors (Lipinski definition) is 6. The number of ether oxygens (including phenoxy) is 4. The van der Waals surface area contributed by atoms with Gasteiger partial charge in [-0.2, -0.15) is 0 Å². The van der Waals surface area contributed by atoms with Crippen LogP contribution >= 0.6 is 0 Å². The summed E-state index contributed by atoms with van der Waals surface area (Å²) >= 11 is 0. The van der Waals surface area contributed by atoms with Gasteiger partial charge < -0.3 is 49.6 Å². The lowest BCUT2D eigenvalue weighted by Crippen LogP contribution is -2.34. The van der Waals surface area contributed by atoms with Crippen LogP contribution < -0.4 is 0 Å². The third-order valence-corrected chi connectivity index (χ3v) is 5.70. The molecule has 2 atom stereocenters. The lowest BCUT2D eigenvalue weighted by atomic mass is 9.96. The molecule has 216 valence electrons. The predicted molar refractivity (Wildman–Crippen MR) is 137 cm³/mol. The van der Waals surface area contributed by atoms with E-state index >= 15 is 0 Å². The van der Waals surface area contributed by atoms with Gasteiger partial charge in [-0.1, -0.05) is 13.8 Å². The number of aromatic hydroxyl groups is 4. The smallest absolute Gasteiger partial charge is 0.338 e. The Morgan fingerprint density at radius 3 is 1.92 bits per heavy atom. The van der Waals surface area contributed by atoms with Crippen molar-refractivity contribution < 1.29 is 59.2 Å². The standard InChI is InChI=1S/C27H36O12/c1-15-5-17(6-21(30)16(15)2)25(34)37-11-19(29)10-36-13-27(3,4)14-39-20(9-28)12-38-26(35)18-7-22(31)24(33)23(32)8-18/h5-8,19-20,28-33H,9-14H2,1-4H3. The zero-order valence-corrected chi connectivity index (χ0v) is 22.3. The van der Waals surface area contributed by atoms with E-state index in [9.17, 15) is 40.2 Å². The monoisotopic (exact) mass is 552 g/mol. The Morgan fingerprint density at radius 2 is 1.36 bits per heavy atom. The van der Waals surface area contributed by atoms with E-state index < -0.39 is 53.4 Å². The topological polar surface area (TPSA) is 192 Å². The van der Waals surface area contributed by atoms with Crippen molar-refractivity contribution in [1.29, 1.82) is 0 Å². The average molecular weight is 553 g/mol. The Morgan fingerprint density at radius 1 is 0.821 bits per heavy atom. The number of aliphatic hydroxyl groups excluding tert-OH is 2. The maximum Gasteiger partial charge on any atom is 0.338 e. The highest BCUT2D eigenvalue weighted by Crippen LogP contribution is 2.35. The molecular formula is C27H36O12. The average Bonchev–Trinajstić information content (AvgIpc) is 2.88. The van der Waals surface area contributed by atoms with Crippen molar-refractivity contribution in [1.82, 2.24) is 0 Å². The first kappa shape index (κ1) is 31.6. The molecule has 2 aromatic carbocycles. The van der Waals surface area contributed by atoms with Crippen LogP contribution in [-0.2, 0) is 18.9 Å². The van der Waals surface area contributed by atoms with Gasteiger partial charge in [-0.05, 0) is 49.2 Å². The summed E-state index contributed by atoms with van der Waals surface area (Å²) in [5.74, 6) is -3.76. The van der Waals surface area contributed by atoms with Gasteiger partial charge in [-0.15, -0.1) is 0 Å². The number of rotatable bonds is 14. The summed E-state index contributed by atoms with van der Waals surface area (Å²) < 4.78 is 21.3. The van der Waals surface area contributed by atoms with E-state index in [1.807, 2.05) is 13.8 Å². The molecule has 0 bridgehead atoms. The van der Waals surface area contributed by atoms with E-state index in [1.165, 1.54) is 6.07 Å². The molecule has 0 aliphatic heterocycles. The summed E-state index contributed by atoms with van der Waals surface area (Å²) in [5.41, 5.74) is 0.790. The second-order valence-electron chi connectivity index (χ2n) is 9.95. The third-order valence-electron chi connectivity index (χ3n) is 5.70. The summed E-state index contributed by atoms with van der Waals surface area (Å²) in [5, 5.41) is 57.9. The molecule has 12 nitrogen and oxygen atoms in total. The molecule has 2 aromatic rings. The molecule has 0 aromatic heterocycles. The molecule has 0 heterocycles. The van der Waals surface area contributed by atoms with Gasteiger partial charge in [-0.3, -0.25) is 0 Å². The highest BCUT2D eigenvalue weighted by Gasteiger charge is 2.23. The number of carbonyl (C=O) groups excluding carboxylic acids is 2. The molecule has 0 saturated heterocycles. The summed E-state index contributed by atoms with van der Waals surface area (Å²) in [6.45, 7) is 6.14. The summed E-state index contributed by atoms with van der Waals surface area (Å²) in [6, 6.07) is 4.75. The van der Waals surface area contributed by atoms with Crippen LogP contribution in [0.25, 0.3) is 0 Å². The minimum Gasteiger partial charge on any atom is -0.508 e. The van der Waals surface area contributed by atoms with Crippen LogP contribution in [0.4, 0.5) is 0 Å². The Kier molecular flexibility index (Phi) is 11.3. The summed E-state index contributed by atoms with van der Waals surface area (Å²) in [7, 11) is 0. The Bertz CT molecular complexity index is 1100. The van der Waals surface area contributed by atoms with E-state index in [-0.39, 0.29) is 49.9 Å². The van der Waals surface area contributed by atoms with Gasteiger partial charge in [0, 0.05) is 5.41 Å². The highest BCUT2D eigenvalue weighted by atomic mass is 16.6. The van der Waals surface area contributed by atoms with E-state index in [4.69, 9.17) is 18.9 Å².